The van der Waals surface area contributed by atoms with Gasteiger partial charge in [-0.15, -0.1) is 0 Å². The van der Waals surface area contributed by atoms with Crippen LogP contribution < -0.4 is 10.5 Å². The molecule has 0 aliphatic heterocycles. The van der Waals surface area contributed by atoms with Gasteiger partial charge in [-0.3, -0.25) is 0 Å². The first-order chi connectivity index (χ1) is 9.02. The molecule has 0 saturated carbocycles. The number of likely N-dealkylation sites (N-methyl/N-ethyl adjacent to an activating group) is 1. The number of nitrogens with two attached hydrogens (primary N) is 1. The van der Waals surface area contributed by atoms with E-state index in [1.165, 1.54) is 0 Å². The molecule has 5 heteroatoms. The summed E-state index contributed by atoms with van der Waals surface area (Å²) in [5.74, 6) is 0.710. The molecule has 1 aromatic carbocycles. The van der Waals surface area contributed by atoms with Gasteiger partial charge in [0.2, 0.25) is 0 Å². The van der Waals surface area contributed by atoms with Gasteiger partial charge in [0.25, 0.3) is 0 Å². The summed E-state index contributed by atoms with van der Waals surface area (Å²) in [5.41, 5.74) is 6.54. The van der Waals surface area contributed by atoms with Crippen molar-refractivity contribution in [1.29, 1.82) is 0 Å². The molecule has 2 unspecified atom stereocenters. The molecule has 0 fully saturated rings. The molecular formula is C14H24N2O3. The lowest BCUT2D eigenvalue weighted by atomic mass is 10.2. The minimum atomic E-state index is -0.602. The first kappa shape index (κ1) is 15.9. The van der Waals surface area contributed by atoms with Crippen molar-refractivity contribution in [2.75, 3.05) is 26.7 Å². The maximum Gasteiger partial charge on any atom is 0.123 e. The zero-order chi connectivity index (χ0) is 14.3. The van der Waals surface area contributed by atoms with Crippen LogP contribution >= 0.6 is 0 Å². The van der Waals surface area contributed by atoms with Gasteiger partial charge in [-0.05, 0) is 20.0 Å². The van der Waals surface area contributed by atoms with Gasteiger partial charge in [-0.2, -0.15) is 0 Å². The van der Waals surface area contributed by atoms with E-state index >= 15 is 0 Å². The summed E-state index contributed by atoms with van der Waals surface area (Å²) in [6.07, 6.45) is -1.01. The van der Waals surface area contributed by atoms with Gasteiger partial charge in [-0.25, -0.2) is 0 Å². The van der Waals surface area contributed by atoms with Gasteiger partial charge >= 0.3 is 0 Å². The first-order valence-corrected chi connectivity index (χ1v) is 6.48. The number of hydrogen-bond donors (Lipinski definition) is 3. The molecule has 1 rings (SSSR count). The molecule has 19 heavy (non-hydrogen) atoms. The van der Waals surface area contributed by atoms with Crippen molar-refractivity contribution >= 4 is 0 Å². The summed E-state index contributed by atoms with van der Waals surface area (Å²) in [4.78, 5) is 1.87. The summed E-state index contributed by atoms with van der Waals surface area (Å²) >= 11 is 0. The number of aliphatic hydroxyl groups is 2. The predicted octanol–water partition coefficient (Wildman–Crippen LogP) is 0.198. The largest absolute Gasteiger partial charge is 0.491 e. The van der Waals surface area contributed by atoms with Crippen molar-refractivity contribution in [3.63, 3.8) is 0 Å². The zero-order valence-electron chi connectivity index (χ0n) is 11.6. The third kappa shape index (κ3) is 6.02. The second kappa shape index (κ2) is 8.12. The third-order valence-corrected chi connectivity index (χ3v) is 2.72. The molecule has 0 aromatic heterocycles. The van der Waals surface area contributed by atoms with Crippen LogP contribution in [0.4, 0.5) is 0 Å². The van der Waals surface area contributed by atoms with Crippen LogP contribution in [0.5, 0.6) is 5.75 Å². The number of rotatable bonds is 8. The highest BCUT2D eigenvalue weighted by Crippen LogP contribution is 2.17. The fourth-order valence-corrected chi connectivity index (χ4v) is 1.94. The van der Waals surface area contributed by atoms with Crippen LogP contribution in [0.1, 0.15) is 12.5 Å². The van der Waals surface area contributed by atoms with E-state index in [0.717, 1.165) is 5.56 Å². The molecule has 5 nitrogen and oxygen atoms in total. The Kier molecular flexibility index (Phi) is 6.80. The van der Waals surface area contributed by atoms with E-state index in [4.69, 9.17) is 10.5 Å². The van der Waals surface area contributed by atoms with Crippen LogP contribution in [0.25, 0.3) is 0 Å². The minimum Gasteiger partial charge on any atom is -0.491 e. The van der Waals surface area contributed by atoms with Crippen LogP contribution in [0.3, 0.4) is 0 Å². The molecule has 0 spiro atoms. The fraction of sp³-hybridized carbons (Fsp3) is 0.571. The molecule has 0 radical (unpaired) electrons. The Bertz CT molecular complexity index is 371. The Hall–Kier alpha value is -1.14. The van der Waals surface area contributed by atoms with Crippen LogP contribution in [0.15, 0.2) is 24.3 Å². The van der Waals surface area contributed by atoms with Gasteiger partial charge in [0.05, 0.1) is 6.10 Å². The lowest BCUT2D eigenvalue weighted by Crippen LogP contribution is -2.36. The smallest absolute Gasteiger partial charge is 0.123 e. The number of ether oxygens (including phenoxy) is 1. The molecule has 0 aliphatic rings. The van der Waals surface area contributed by atoms with E-state index in [1.54, 1.807) is 6.92 Å². The van der Waals surface area contributed by atoms with Crippen LogP contribution in [-0.2, 0) is 6.54 Å². The maximum absolute atomic E-state index is 9.88. The third-order valence-electron chi connectivity index (χ3n) is 2.72. The van der Waals surface area contributed by atoms with E-state index < -0.39 is 12.2 Å². The molecule has 0 saturated heterocycles. The number of para-hydroxylation sites is 1. The molecule has 108 valence electrons. The maximum atomic E-state index is 9.88. The molecule has 1 aromatic rings. The van der Waals surface area contributed by atoms with E-state index in [2.05, 4.69) is 0 Å². The monoisotopic (exact) mass is 268 g/mol. The van der Waals surface area contributed by atoms with Crippen molar-refractivity contribution in [1.82, 2.24) is 4.90 Å². The van der Waals surface area contributed by atoms with Crippen LogP contribution in [0, 0.1) is 0 Å². The van der Waals surface area contributed by atoms with Crippen LogP contribution in [0.2, 0.25) is 0 Å². The number of aliphatic hydroxyl groups excluding tert-OH is 2. The number of hydrogen-bond acceptors (Lipinski definition) is 5. The van der Waals surface area contributed by atoms with Gasteiger partial charge in [-0.1, -0.05) is 18.2 Å². The van der Waals surface area contributed by atoms with E-state index in [0.29, 0.717) is 25.4 Å². The van der Waals surface area contributed by atoms with Crippen LogP contribution in [-0.4, -0.2) is 54.1 Å². The summed E-state index contributed by atoms with van der Waals surface area (Å²) < 4.78 is 5.58. The van der Waals surface area contributed by atoms with Gasteiger partial charge in [0.1, 0.15) is 18.5 Å². The summed E-state index contributed by atoms with van der Waals surface area (Å²) in [6, 6.07) is 7.53. The Morgan fingerprint density at radius 3 is 2.58 bits per heavy atom. The lowest BCUT2D eigenvalue weighted by Gasteiger charge is -2.22. The molecule has 0 heterocycles. The standard InChI is InChI=1S/C14H24N2O3/c1-11(17)8-16(2)9-13(18)10-19-14-6-4-3-5-12(14)7-15/h3-6,11,13,17-18H,7-10,15H2,1-2H3. The van der Waals surface area contributed by atoms with Gasteiger partial charge in [0, 0.05) is 25.2 Å². The second-order valence-electron chi connectivity index (χ2n) is 4.85. The van der Waals surface area contributed by atoms with Gasteiger partial charge < -0.3 is 25.6 Å². The van der Waals surface area contributed by atoms with Crippen molar-refractivity contribution in [3.8, 4) is 5.75 Å². The van der Waals surface area contributed by atoms with E-state index in [-0.39, 0.29) is 6.61 Å². The molecular weight excluding hydrogens is 244 g/mol. The average Bonchev–Trinajstić information content (AvgIpc) is 2.35. The topological polar surface area (TPSA) is 79.0 Å². The summed E-state index contributed by atoms with van der Waals surface area (Å²) in [5, 5.41) is 19.1. The molecule has 2 atom stereocenters. The molecule has 4 N–H and O–H groups in total. The highest BCUT2D eigenvalue weighted by molar-refractivity contribution is 5.32. The molecule has 0 bridgehead atoms. The summed E-state index contributed by atoms with van der Waals surface area (Å²) in [7, 11) is 1.85. The Morgan fingerprint density at radius 2 is 1.95 bits per heavy atom. The van der Waals surface area contributed by atoms with E-state index in [9.17, 15) is 10.2 Å². The zero-order valence-corrected chi connectivity index (χ0v) is 11.6. The van der Waals surface area contributed by atoms with Crippen molar-refractivity contribution < 1.29 is 14.9 Å². The highest BCUT2D eigenvalue weighted by Gasteiger charge is 2.11. The average molecular weight is 268 g/mol. The Labute approximate surface area is 114 Å². The molecule has 0 amide bonds. The minimum absolute atomic E-state index is 0.209. The predicted molar refractivity (Wildman–Crippen MR) is 75.0 cm³/mol. The van der Waals surface area contributed by atoms with E-state index in [1.807, 2.05) is 36.2 Å². The fourth-order valence-electron chi connectivity index (χ4n) is 1.94. The molecule has 0 aliphatic carbocycles. The second-order valence-corrected chi connectivity index (χ2v) is 4.85. The SMILES string of the molecule is CC(O)CN(C)CC(O)COc1ccccc1CN. The highest BCUT2D eigenvalue weighted by atomic mass is 16.5. The number of nitrogens with zero attached hydrogens (tertiary/aromatic N) is 1. The Morgan fingerprint density at radius 1 is 1.26 bits per heavy atom. The quantitative estimate of drug-likeness (QED) is 0.627. The number of benzene rings is 1. The summed E-state index contributed by atoms with van der Waals surface area (Å²) in [6.45, 7) is 3.32. The first-order valence-electron chi connectivity index (χ1n) is 6.48. The van der Waals surface area contributed by atoms with Crippen molar-refractivity contribution in [3.05, 3.63) is 29.8 Å². The van der Waals surface area contributed by atoms with Crippen molar-refractivity contribution in [2.45, 2.75) is 25.7 Å². The lowest BCUT2D eigenvalue weighted by molar-refractivity contribution is 0.0596. The van der Waals surface area contributed by atoms with Crippen molar-refractivity contribution in [2.24, 2.45) is 5.73 Å². The van der Waals surface area contributed by atoms with Gasteiger partial charge in [0.15, 0.2) is 0 Å². The normalized spacial score (nSPS) is 14.4. The Balaban J connectivity index is 2.39.